The van der Waals surface area contributed by atoms with Gasteiger partial charge in [-0.2, -0.15) is 0 Å². The Balaban J connectivity index is 1.78. The molecule has 1 aromatic heterocycles. The number of carbonyl (C=O) groups is 1. The van der Waals surface area contributed by atoms with Crippen molar-refractivity contribution in [2.75, 3.05) is 12.8 Å². The van der Waals surface area contributed by atoms with Crippen molar-refractivity contribution in [3.8, 4) is 0 Å². The molecule has 4 nitrogen and oxygen atoms in total. The summed E-state index contributed by atoms with van der Waals surface area (Å²) in [6, 6.07) is 11.5. The Kier molecular flexibility index (Phi) is 5.88. The zero-order chi connectivity index (χ0) is 16.0. The standard InChI is InChI=1S/C16H20N2O2S2/c1-16(20,14-4-3-9-22-14)11-18-15(19)17-10-12-5-7-13(21-2)8-6-12/h3-9,20H,10-11H2,1-2H3,(H2,17,18,19). The Morgan fingerprint density at radius 1 is 1.27 bits per heavy atom. The maximum atomic E-state index is 11.8. The summed E-state index contributed by atoms with van der Waals surface area (Å²) in [6.45, 7) is 2.33. The molecule has 0 saturated heterocycles. The molecule has 118 valence electrons. The van der Waals surface area contributed by atoms with Crippen LogP contribution in [0, 0.1) is 0 Å². The van der Waals surface area contributed by atoms with Crippen molar-refractivity contribution < 1.29 is 9.90 Å². The van der Waals surface area contributed by atoms with Crippen LogP contribution < -0.4 is 10.6 Å². The summed E-state index contributed by atoms with van der Waals surface area (Å²) in [4.78, 5) is 13.9. The number of thiophene rings is 1. The predicted molar refractivity (Wildman–Crippen MR) is 92.4 cm³/mol. The number of nitrogens with one attached hydrogen (secondary N) is 2. The van der Waals surface area contributed by atoms with Crippen molar-refractivity contribution in [1.29, 1.82) is 0 Å². The molecule has 2 rings (SSSR count). The lowest BCUT2D eigenvalue weighted by molar-refractivity contribution is 0.0631. The smallest absolute Gasteiger partial charge is 0.315 e. The second-order valence-corrected chi connectivity index (χ2v) is 6.96. The first kappa shape index (κ1) is 16.9. The molecule has 0 fully saturated rings. The van der Waals surface area contributed by atoms with Gasteiger partial charge >= 0.3 is 6.03 Å². The van der Waals surface area contributed by atoms with E-state index in [0.29, 0.717) is 6.54 Å². The number of benzene rings is 1. The molecule has 0 aliphatic carbocycles. The molecule has 1 atom stereocenters. The maximum absolute atomic E-state index is 11.8. The third-order valence-electron chi connectivity index (χ3n) is 3.26. The lowest BCUT2D eigenvalue weighted by atomic mass is 10.1. The molecule has 3 N–H and O–H groups in total. The number of aliphatic hydroxyl groups is 1. The summed E-state index contributed by atoms with van der Waals surface area (Å²) in [6.07, 6.45) is 2.03. The van der Waals surface area contributed by atoms with Crippen molar-refractivity contribution in [3.05, 3.63) is 52.2 Å². The quantitative estimate of drug-likeness (QED) is 0.710. The molecular weight excluding hydrogens is 316 g/mol. The zero-order valence-electron chi connectivity index (χ0n) is 12.6. The molecule has 0 aliphatic heterocycles. The number of urea groups is 1. The van der Waals surface area contributed by atoms with E-state index in [1.165, 1.54) is 16.2 Å². The number of hydrogen-bond acceptors (Lipinski definition) is 4. The highest BCUT2D eigenvalue weighted by molar-refractivity contribution is 7.98. The maximum Gasteiger partial charge on any atom is 0.315 e. The predicted octanol–water partition coefficient (Wildman–Crippen LogP) is 3.18. The van der Waals surface area contributed by atoms with E-state index >= 15 is 0 Å². The summed E-state index contributed by atoms with van der Waals surface area (Å²) in [5.41, 5.74) is -0.0103. The summed E-state index contributed by atoms with van der Waals surface area (Å²) in [5, 5.41) is 17.7. The number of carbonyl (C=O) groups excluding carboxylic acids is 1. The van der Waals surface area contributed by atoms with Gasteiger partial charge in [-0.05, 0) is 42.3 Å². The third kappa shape index (κ3) is 4.76. The molecule has 0 aliphatic rings. The molecule has 2 aromatic rings. The van der Waals surface area contributed by atoms with E-state index < -0.39 is 5.60 Å². The van der Waals surface area contributed by atoms with Crippen LogP contribution in [0.2, 0.25) is 0 Å². The van der Waals surface area contributed by atoms with Crippen LogP contribution in [0.25, 0.3) is 0 Å². The summed E-state index contributed by atoms with van der Waals surface area (Å²) in [5.74, 6) is 0. The highest BCUT2D eigenvalue weighted by Crippen LogP contribution is 2.24. The van der Waals surface area contributed by atoms with Gasteiger partial charge in [0.25, 0.3) is 0 Å². The van der Waals surface area contributed by atoms with Crippen molar-refractivity contribution in [1.82, 2.24) is 10.6 Å². The van der Waals surface area contributed by atoms with Gasteiger partial charge in [-0.3, -0.25) is 0 Å². The van der Waals surface area contributed by atoms with Gasteiger partial charge in [0.1, 0.15) is 5.60 Å². The minimum Gasteiger partial charge on any atom is -0.383 e. The topological polar surface area (TPSA) is 61.4 Å². The fourth-order valence-electron chi connectivity index (χ4n) is 1.91. The van der Waals surface area contributed by atoms with Crippen LogP contribution in [-0.2, 0) is 12.1 Å². The number of amides is 2. The molecule has 1 aromatic carbocycles. The first-order chi connectivity index (χ1) is 10.5. The van der Waals surface area contributed by atoms with Crippen molar-refractivity contribution in [2.45, 2.75) is 24.0 Å². The van der Waals surface area contributed by atoms with Gasteiger partial charge in [-0.15, -0.1) is 23.1 Å². The lowest BCUT2D eigenvalue weighted by Gasteiger charge is -2.22. The molecule has 1 unspecified atom stereocenters. The minimum atomic E-state index is -1.05. The lowest BCUT2D eigenvalue weighted by Crippen LogP contribution is -2.42. The third-order valence-corrected chi connectivity index (χ3v) is 5.12. The molecule has 6 heteroatoms. The molecule has 0 spiro atoms. The number of thioether (sulfide) groups is 1. The van der Waals surface area contributed by atoms with Crippen LogP contribution in [0.5, 0.6) is 0 Å². The highest BCUT2D eigenvalue weighted by atomic mass is 32.2. The zero-order valence-corrected chi connectivity index (χ0v) is 14.3. The van der Waals surface area contributed by atoms with Crippen LogP contribution in [0.15, 0.2) is 46.7 Å². The molecule has 0 saturated carbocycles. The Bertz CT molecular complexity index is 595. The fourth-order valence-corrected chi connectivity index (χ4v) is 3.11. The van der Waals surface area contributed by atoms with Gasteiger partial charge in [0.05, 0.1) is 6.54 Å². The van der Waals surface area contributed by atoms with E-state index in [1.54, 1.807) is 18.7 Å². The van der Waals surface area contributed by atoms with E-state index in [1.807, 2.05) is 48.0 Å². The number of rotatable bonds is 6. The second-order valence-electron chi connectivity index (χ2n) is 5.14. The minimum absolute atomic E-state index is 0.171. The molecule has 0 radical (unpaired) electrons. The fraction of sp³-hybridized carbons (Fsp3) is 0.312. The van der Waals surface area contributed by atoms with Gasteiger partial charge in [0, 0.05) is 16.3 Å². The molecule has 22 heavy (non-hydrogen) atoms. The van der Waals surface area contributed by atoms with E-state index in [9.17, 15) is 9.90 Å². The summed E-state index contributed by atoms with van der Waals surface area (Å²) < 4.78 is 0. The Hall–Kier alpha value is -1.50. The largest absolute Gasteiger partial charge is 0.383 e. The van der Waals surface area contributed by atoms with Crippen molar-refractivity contribution in [3.63, 3.8) is 0 Å². The molecular formula is C16H20N2O2S2. The van der Waals surface area contributed by atoms with Gasteiger partial charge in [0.2, 0.25) is 0 Å². The van der Waals surface area contributed by atoms with Crippen LogP contribution in [0.1, 0.15) is 17.4 Å². The van der Waals surface area contributed by atoms with Gasteiger partial charge < -0.3 is 15.7 Å². The van der Waals surface area contributed by atoms with Crippen molar-refractivity contribution in [2.24, 2.45) is 0 Å². The van der Waals surface area contributed by atoms with E-state index in [2.05, 4.69) is 10.6 Å². The SMILES string of the molecule is CSc1ccc(CNC(=O)NCC(C)(O)c2cccs2)cc1. The Labute approximate surface area is 138 Å². The van der Waals surface area contributed by atoms with Gasteiger partial charge in [-0.25, -0.2) is 4.79 Å². The van der Waals surface area contributed by atoms with E-state index in [4.69, 9.17) is 0 Å². The molecule has 0 bridgehead atoms. The molecule has 2 amide bonds. The van der Waals surface area contributed by atoms with E-state index in [-0.39, 0.29) is 12.6 Å². The number of hydrogen-bond donors (Lipinski definition) is 3. The average molecular weight is 336 g/mol. The average Bonchev–Trinajstić information content (AvgIpc) is 3.07. The Morgan fingerprint density at radius 3 is 2.59 bits per heavy atom. The summed E-state index contributed by atoms with van der Waals surface area (Å²) >= 11 is 3.16. The Morgan fingerprint density at radius 2 is 2.00 bits per heavy atom. The first-order valence-corrected chi connectivity index (χ1v) is 9.03. The van der Waals surface area contributed by atoms with E-state index in [0.717, 1.165) is 10.4 Å². The van der Waals surface area contributed by atoms with Gasteiger partial charge in [0.15, 0.2) is 0 Å². The normalized spacial score (nSPS) is 13.4. The highest BCUT2D eigenvalue weighted by Gasteiger charge is 2.24. The molecule has 1 heterocycles. The first-order valence-electron chi connectivity index (χ1n) is 6.92. The summed E-state index contributed by atoms with van der Waals surface area (Å²) in [7, 11) is 0. The second kappa shape index (κ2) is 7.67. The van der Waals surface area contributed by atoms with Crippen LogP contribution in [0.4, 0.5) is 4.79 Å². The van der Waals surface area contributed by atoms with Crippen molar-refractivity contribution >= 4 is 29.1 Å². The van der Waals surface area contributed by atoms with Crippen LogP contribution in [0.3, 0.4) is 0 Å². The van der Waals surface area contributed by atoms with Crippen LogP contribution >= 0.6 is 23.1 Å². The van der Waals surface area contributed by atoms with Gasteiger partial charge in [-0.1, -0.05) is 18.2 Å². The van der Waals surface area contributed by atoms with Crippen LogP contribution in [-0.4, -0.2) is 23.9 Å². The monoisotopic (exact) mass is 336 g/mol.